The number of guanidine groups is 1. The van der Waals surface area contributed by atoms with Gasteiger partial charge >= 0.3 is 0 Å². The third-order valence-corrected chi connectivity index (χ3v) is 4.36. The van der Waals surface area contributed by atoms with Crippen LogP contribution in [0.1, 0.15) is 24.8 Å². The molecule has 0 aliphatic carbocycles. The van der Waals surface area contributed by atoms with E-state index < -0.39 is 0 Å². The number of benzene rings is 1. The quantitative estimate of drug-likeness (QED) is 0.175. The Hall–Kier alpha value is -1.10. The zero-order valence-corrected chi connectivity index (χ0v) is 19.4. The first-order chi connectivity index (χ1) is 13.3. The van der Waals surface area contributed by atoms with Gasteiger partial charge in [0.15, 0.2) is 5.96 Å². The van der Waals surface area contributed by atoms with E-state index in [1.165, 1.54) is 5.56 Å². The van der Waals surface area contributed by atoms with E-state index in [0.29, 0.717) is 19.3 Å². The van der Waals surface area contributed by atoms with Crippen LogP contribution in [-0.4, -0.2) is 65.7 Å². The topological polar surface area (TPSA) is 76.1 Å². The molecule has 1 aromatic carbocycles. The Kier molecular flexibility index (Phi) is 14.1. The average Bonchev–Trinajstić information content (AvgIpc) is 3.21. The molecule has 1 heterocycles. The molecule has 1 aliphatic heterocycles. The minimum absolute atomic E-state index is 0. The number of nitrogens with one attached hydrogen (secondary N) is 3. The number of halogens is 1. The first kappa shape index (κ1) is 24.9. The van der Waals surface area contributed by atoms with E-state index in [2.05, 4.69) is 45.2 Å². The molecule has 7 nitrogen and oxygen atoms in total. The largest absolute Gasteiger partial charge is 0.383 e. The second kappa shape index (κ2) is 15.8. The van der Waals surface area contributed by atoms with E-state index in [0.717, 1.165) is 63.8 Å². The Bertz CT molecular complexity index is 537. The number of methoxy groups -OCH3 is 1. The fourth-order valence-corrected chi connectivity index (χ4v) is 2.82. The Labute approximate surface area is 186 Å². The van der Waals surface area contributed by atoms with E-state index >= 15 is 0 Å². The van der Waals surface area contributed by atoms with Crippen LogP contribution in [0.3, 0.4) is 0 Å². The van der Waals surface area contributed by atoms with Crippen molar-refractivity contribution in [2.45, 2.75) is 31.9 Å². The van der Waals surface area contributed by atoms with E-state index in [1.807, 2.05) is 0 Å². The molecule has 3 N–H and O–H groups in total. The Morgan fingerprint density at radius 2 is 2.00 bits per heavy atom. The number of ether oxygens (including phenoxy) is 3. The summed E-state index contributed by atoms with van der Waals surface area (Å²) in [6.45, 7) is 5.39. The third-order valence-electron chi connectivity index (χ3n) is 4.36. The number of rotatable bonds is 12. The van der Waals surface area contributed by atoms with Crippen LogP contribution in [0.2, 0.25) is 0 Å². The highest BCUT2D eigenvalue weighted by Gasteiger charge is 2.14. The molecule has 0 saturated carbocycles. The molecule has 0 amide bonds. The van der Waals surface area contributed by atoms with E-state index in [9.17, 15) is 0 Å². The smallest absolute Gasteiger partial charge is 0.191 e. The zero-order chi connectivity index (χ0) is 19.2. The van der Waals surface area contributed by atoms with Gasteiger partial charge in [-0.2, -0.15) is 0 Å². The first-order valence-corrected chi connectivity index (χ1v) is 9.77. The minimum atomic E-state index is 0. The normalized spacial score (nSPS) is 16.5. The lowest BCUT2D eigenvalue weighted by Crippen LogP contribution is -2.37. The summed E-state index contributed by atoms with van der Waals surface area (Å²) in [5, 5.41) is 9.96. The standard InChI is InChI=1S/C20H34N4O3.HI/c1-21-20(23-10-4-12-26-16-19-5-3-13-27-19)24-15-17-6-8-18(9-7-17)22-11-14-25-2;/h6-9,19,22H,3-5,10-16H2,1-2H3,(H2,21,23,24);1H. The van der Waals surface area contributed by atoms with Crippen molar-refractivity contribution in [3.05, 3.63) is 29.8 Å². The van der Waals surface area contributed by atoms with Gasteiger partial charge in [0, 0.05) is 52.7 Å². The molecule has 0 spiro atoms. The zero-order valence-electron chi connectivity index (χ0n) is 17.0. The Morgan fingerprint density at radius 1 is 1.18 bits per heavy atom. The van der Waals surface area contributed by atoms with Crippen LogP contribution in [0.25, 0.3) is 0 Å². The molecule has 0 radical (unpaired) electrons. The highest BCUT2D eigenvalue weighted by atomic mass is 127. The molecule has 1 unspecified atom stereocenters. The fourth-order valence-electron chi connectivity index (χ4n) is 2.82. The van der Waals surface area contributed by atoms with Crippen LogP contribution in [-0.2, 0) is 20.8 Å². The summed E-state index contributed by atoms with van der Waals surface area (Å²) in [6, 6.07) is 8.37. The van der Waals surface area contributed by atoms with Crippen molar-refractivity contribution >= 4 is 35.6 Å². The predicted molar refractivity (Wildman–Crippen MR) is 125 cm³/mol. The van der Waals surface area contributed by atoms with Crippen molar-refractivity contribution in [2.75, 3.05) is 59.0 Å². The minimum Gasteiger partial charge on any atom is -0.383 e. The molecule has 0 bridgehead atoms. The summed E-state index contributed by atoms with van der Waals surface area (Å²) in [5.41, 5.74) is 2.30. The molecule has 160 valence electrons. The maximum Gasteiger partial charge on any atom is 0.191 e. The van der Waals surface area contributed by atoms with Gasteiger partial charge in [0.2, 0.25) is 0 Å². The highest BCUT2D eigenvalue weighted by Crippen LogP contribution is 2.12. The molecule has 1 saturated heterocycles. The second-order valence-electron chi connectivity index (χ2n) is 6.53. The summed E-state index contributed by atoms with van der Waals surface area (Å²) in [7, 11) is 3.49. The molecule has 0 aromatic heterocycles. The van der Waals surface area contributed by atoms with Crippen LogP contribution in [0.5, 0.6) is 0 Å². The van der Waals surface area contributed by atoms with Gasteiger partial charge in [-0.05, 0) is 37.0 Å². The van der Waals surface area contributed by atoms with Crippen molar-refractivity contribution in [1.29, 1.82) is 0 Å². The molecule has 1 atom stereocenters. The predicted octanol–water partition coefficient (Wildman–Crippen LogP) is 2.61. The van der Waals surface area contributed by atoms with Gasteiger partial charge in [-0.25, -0.2) is 0 Å². The van der Waals surface area contributed by atoms with Crippen LogP contribution in [0.15, 0.2) is 29.3 Å². The van der Waals surface area contributed by atoms with E-state index in [4.69, 9.17) is 14.2 Å². The van der Waals surface area contributed by atoms with Crippen molar-refractivity contribution in [3.63, 3.8) is 0 Å². The van der Waals surface area contributed by atoms with E-state index in [-0.39, 0.29) is 24.0 Å². The lowest BCUT2D eigenvalue weighted by molar-refractivity contribution is 0.0168. The molecule has 28 heavy (non-hydrogen) atoms. The Balaban J connectivity index is 0.00000392. The first-order valence-electron chi connectivity index (χ1n) is 9.77. The molecule has 1 aromatic rings. The van der Waals surface area contributed by atoms with Gasteiger partial charge in [0.1, 0.15) is 0 Å². The molecular formula is C20H35IN4O3. The second-order valence-corrected chi connectivity index (χ2v) is 6.53. The summed E-state index contributed by atoms with van der Waals surface area (Å²) in [4.78, 5) is 4.26. The number of hydrogen-bond donors (Lipinski definition) is 3. The molecule has 1 aliphatic rings. The molecule has 2 rings (SSSR count). The van der Waals surface area contributed by atoms with Crippen LogP contribution in [0, 0.1) is 0 Å². The number of aliphatic imine (C=N–C) groups is 1. The maximum atomic E-state index is 5.67. The SMILES string of the molecule is CN=C(NCCCOCC1CCCO1)NCc1ccc(NCCOC)cc1.I. The van der Waals surface area contributed by atoms with Crippen molar-refractivity contribution < 1.29 is 14.2 Å². The maximum absolute atomic E-state index is 5.67. The molecule has 8 heteroatoms. The van der Waals surface area contributed by atoms with Gasteiger partial charge in [-0.15, -0.1) is 24.0 Å². The highest BCUT2D eigenvalue weighted by molar-refractivity contribution is 14.0. The lowest BCUT2D eigenvalue weighted by atomic mass is 10.2. The third kappa shape index (κ3) is 10.4. The summed E-state index contributed by atoms with van der Waals surface area (Å²) < 4.78 is 16.2. The van der Waals surface area contributed by atoms with Crippen LogP contribution < -0.4 is 16.0 Å². The van der Waals surface area contributed by atoms with E-state index in [1.54, 1.807) is 14.2 Å². The van der Waals surface area contributed by atoms with Crippen molar-refractivity contribution in [3.8, 4) is 0 Å². The van der Waals surface area contributed by atoms with Gasteiger partial charge in [0.25, 0.3) is 0 Å². The fraction of sp³-hybridized carbons (Fsp3) is 0.650. The van der Waals surface area contributed by atoms with Crippen molar-refractivity contribution in [2.24, 2.45) is 4.99 Å². The lowest BCUT2D eigenvalue weighted by Gasteiger charge is -2.13. The monoisotopic (exact) mass is 506 g/mol. The van der Waals surface area contributed by atoms with Crippen molar-refractivity contribution in [1.82, 2.24) is 10.6 Å². The number of nitrogens with zero attached hydrogens (tertiary/aromatic N) is 1. The molecule has 1 fully saturated rings. The van der Waals surface area contributed by atoms with Gasteiger partial charge in [-0.3, -0.25) is 4.99 Å². The van der Waals surface area contributed by atoms with Crippen LogP contribution >= 0.6 is 24.0 Å². The summed E-state index contributed by atoms with van der Waals surface area (Å²) in [5.74, 6) is 0.802. The van der Waals surface area contributed by atoms with Gasteiger partial charge < -0.3 is 30.2 Å². The Morgan fingerprint density at radius 3 is 2.68 bits per heavy atom. The van der Waals surface area contributed by atoms with Crippen LogP contribution in [0.4, 0.5) is 5.69 Å². The number of hydrogen-bond acceptors (Lipinski definition) is 5. The van der Waals surface area contributed by atoms with Gasteiger partial charge in [0.05, 0.1) is 19.3 Å². The number of anilines is 1. The molecular weight excluding hydrogens is 471 g/mol. The van der Waals surface area contributed by atoms with Gasteiger partial charge in [-0.1, -0.05) is 12.1 Å². The average molecular weight is 506 g/mol. The summed E-state index contributed by atoms with van der Waals surface area (Å²) in [6.07, 6.45) is 3.52. The summed E-state index contributed by atoms with van der Waals surface area (Å²) >= 11 is 0.